The second-order valence-corrected chi connectivity index (χ2v) is 7.30. The minimum Gasteiger partial charge on any atom is -0.496 e. The van der Waals surface area contributed by atoms with Crippen LogP contribution in [-0.4, -0.2) is 24.8 Å². The van der Waals surface area contributed by atoms with Crippen LogP contribution in [-0.2, 0) is 12.3 Å². The van der Waals surface area contributed by atoms with Crippen LogP contribution in [0.3, 0.4) is 0 Å². The largest absolute Gasteiger partial charge is 0.496 e. The van der Waals surface area contributed by atoms with Crippen LogP contribution >= 0.6 is 24.8 Å². The summed E-state index contributed by atoms with van der Waals surface area (Å²) in [6, 6.07) is 12.2. The van der Waals surface area contributed by atoms with Gasteiger partial charge in [0.1, 0.15) is 5.75 Å². The molecule has 2 aromatic carbocycles. The van der Waals surface area contributed by atoms with Gasteiger partial charge in [0, 0.05) is 12.1 Å². The number of alkyl halides is 5. The Morgan fingerprint density at radius 2 is 1.68 bits per heavy atom. The van der Waals surface area contributed by atoms with E-state index in [9.17, 15) is 22.0 Å². The molecule has 0 amide bonds. The third-order valence-electron chi connectivity index (χ3n) is 5.42. The van der Waals surface area contributed by atoms with Crippen LogP contribution in [0.5, 0.6) is 5.75 Å². The monoisotopic (exact) mass is 486 g/mol. The lowest BCUT2D eigenvalue weighted by Crippen LogP contribution is -2.44. The van der Waals surface area contributed by atoms with E-state index in [2.05, 4.69) is 0 Å². The molecule has 1 aliphatic heterocycles. The van der Waals surface area contributed by atoms with Crippen molar-refractivity contribution in [3.05, 3.63) is 65.2 Å². The molecule has 0 bridgehead atoms. The summed E-state index contributed by atoms with van der Waals surface area (Å²) in [5.74, 6) is 1.51. The molecule has 0 aromatic heterocycles. The highest BCUT2D eigenvalue weighted by Gasteiger charge is 2.58. The van der Waals surface area contributed by atoms with Gasteiger partial charge in [0.15, 0.2) is 0 Å². The lowest BCUT2D eigenvalue weighted by Gasteiger charge is -2.39. The number of rotatable bonds is 5. The van der Waals surface area contributed by atoms with Gasteiger partial charge in [0.25, 0.3) is 0 Å². The van der Waals surface area contributed by atoms with E-state index < -0.39 is 17.7 Å². The van der Waals surface area contributed by atoms with Crippen molar-refractivity contribution in [2.24, 2.45) is 11.8 Å². The number of methoxy groups -OCH3 is 1. The van der Waals surface area contributed by atoms with Gasteiger partial charge in [-0.15, -0.1) is 24.8 Å². The van der Waals surface area contributed by atoms with Crippen LogP contribution in [0.1, 0.15) is 35.6 Å². The molecule has 1 fully saturated rings. The van der Waals surface area contributed by atoms with Crippen LogP contribution in [0.25, 0.3) is 0 Å². The Bertz CT molecular complexity index is 836. The molecule has 1 heterocycles. The van der Waals surface area contributed by atoms with Crippen molar-refractivity contribution in [2.45, 2.75) is 37.4 Å². The van der Waals surface area contributed by atoms with Crippen LogP contribution in [0.2, 0.25) is 0 Å². The van der Waals surface area contributed by atoms with Gasteiger partial charge in [0.05, 0.1) is 13.2 Å². The Morgan fingerprint density at radius 3 is 2.26 bits per heavy atom. The zero-order valence-corrected chi connectivity index (χ0v) is 18.4. The number of hydrogen-bond acceptors (Lipinski definition) is 3. The second kappa shape index (κ2) is 10.8. The van der Waals surface area contributed by atoms with E-state index in [1.54, 1.807) is 5.01 Å². The van der Waals surface area contributed by atoms with E-state index >= 15 is 0 Å². The summed E-state index contributed by atoms with van der Waals surface area (Å²) in [7, 11) is 1.37. The van der Waals surface area contributed by atoms with E-state index in [4.69, 9.17) is 10.6 Å². The molecular weight excluding hydrogens is 462 g/mol. The zero-order chi connectivity index (χ0) is 21.2. The Morgan fingerprint density at radius 1 is 1.03 bits per heavy atom. The predicted octanol–water partition coefficient (Wildman–Crippen LogP) is 6.06. The van der Waals surface area contributed by atoms with Crippen molar-refractivity contribution in [3.8, 4) is 5.75 Å². The molecule has 1 saturated heterocycles. The highest BCUT2D eigenvalue weighted by atomic mass is 35.5. The molecule has 2 N–H and O–H groups in total. The molecule has 0 aliphatic carbocycles. The summed E-state index contributed by atoms with van der Waals surface area (Å²) in [5.41, 5.74) is 0.211. The molecule has 10 heteroatoms. The number of halogens is 7. The fourth-order valence-electron chi connectivity index (χ4n) is 4.01. The van der Waals surface area contributed by atoms with Crippen molar-refractivity contribution >= 4 is 24.8 Å². The third-order valence-corrected chi connectivity index (χ3v) is 5.42. The van der Waals surface area contributed by atoms with Crippen LogP contribution in [0, 0.1) is 5.92 Å². The Kier molecular flexibility index (Phi) is 9.56. The molecular formula is C21H25Cl2F5N2O. The summed E-state index contributed by atoms with van der Waals surface area (Å²) in [4.78, 5) is 0. The van der Waals surface area contributed by atoms with E-state index in [1.165, 1.54) is 13.2 Å². The van der Waals surface area contributed by atoms with E-state index in [0.29, 0.717) is 12.1 Å². The van der Waals surface area contributed by atoms with E-state index in [0.717, 1.165) is 30.5 Å². The fourth-order valence-corrected chi connectivity index (χ4v) is 4.01. The van der Waals surface area contributed by atoms with Gasteiger partial charge in [0.2, 0.25) is 0 Å². The maximum Gasteiger partial charge on any atom is 0.458 e. The van der Waals surface area contributed by atoms with Crippen molar-refractivity contribution in [3.63, 3.8) is 0 Å². The van der Waals surface area contributed by atoms with Crippen LogP contribution in [0.4, 0.5) is 22.0 Å². The van der Waals surface area contributed by atoms with Crippen molar-refractivity contribution < 1.29 is 26.7 Å². The van der Waals surface area contributed by atoms with Gasteiger partial charge < -0.3 is 4.74 Å². The third kappa shape index (κ3) is 5.80. The van der Waals surface area contributed by atoms with Crippen LogP contribution < -0.4 is 10.6 Å². The maximum absolute atomic E-state index is 13.9. The van der Waals surface area contributed by atoms with E-state index in [1.807, 2.05) is 30.3 Å². The first-order valence-electron chi connectivity index (χ1n) is 9.33. The molecule has 3 rings (SSSR count). The van der Waals surface area contributed by atoms with Gasteiger partial charge in [-0.1, -0.05) is 30.3 Å². The first kappa shape index (κ1) is 27.4. The molecule has 0 unspecified atom stereocenters. The predicted molar refractivity (Wildman–Crippen MR) is 114 cm³/mol. The Hall–Kier alpha value is -1.61. The summed E-state index contributed by atoms with van der Waals surface area (Å²) >= 11 is 0. The van der Waals surface area contributed by atoms with E-state index in [-0.39, 0.29) is 48.9 Å². The van der Waals surface area contributed by atoms with Crippen molar-refractivity contribution in [2.75, 3.05) is 13.7 Å². The first-order chi connectivity index (χ1) is 13.6. The molecule has 2 atom stereocenters. The lowest BCUT2D eigenvalue weighted by molar-refractivity contribution is -0.289. The number of hydrogen-bond donors (Lipinski definition) is 1. The number of piperidine rings is 1. The average Bonchev–Trinajstić information content (AvgIpc) is 2.68. The molecule has 1 aliphatic rings. The molecule has 3 nitrogen and oxygen atoms in total. The quantitative estimate of drug-likeness (QED) is 0.412. The zero-order valence-electron chi connectivity index (χ0n) is 16.7. The number of benzene rings is 2. The summed E-state index contributed by atoms with van der Waals surface area (Å²) in [6.07, 6.45) is -3.80. The maximum atomic E-state index is 13.9. The molecule has 0 spiro atoms. The Balaban J connectivity index is 0.00000240. The summed E-state index contributed by atoms with van der Waals surface area (Å²) in [5, 5.41) is 1.71. The highest BCUT2D eigenvalue weighted by Crippen LogP contribution is 2.45. The fraction of sp³-hybridized carbons (Fsp3) is 0.429. The van der Waals surface area contributed by atoms with Gasteiger partial charge in [-0.3, -0.25) is 5.84 Å². The molecule has 0 radical (unpaired) electrons. The smallest absolute Gasteiger partial charge is 0.458 e. The molecule has 2 aromatic rings. The van der Waals surface area contributed by atoms with Crippen LogP contribution in [0.15, 0.2) is 48.5 Å². The Labute approximate surface area is 190 Å². The number of nitrogens with two attached hydrogens (primary N) is 1. The number of ether oxygens (including phenoxy) is 1. The number of nitrogens with zero attached hydrogens (tertiary/aromatic N) is 1. The van der Waals surface area contributed by atoms with Crippen molar-refractivity contribution in [1.82, 2.24) is 5.01 Å². The van der Waals surface area contributed by atoms with Crippen molar-refractivity contribution in [1.29, 1.82) is 0 Å². The highest BCUT2D eigenvalue weighted by molar-refractivity contribution is 5.85. The molecule has 174 valence electrons. The second-order valence-electron chi connectivity index (χ2n) is 7.30. The summed E-state index contributed by atoms with van der Waals surface area (Å²) < 4.78 is 71.4. The number of hydrazine groups is 1. The van der Waals surface area contributed by atoms with Gasteiger partial charge in [-0.25, -0.2) is 5.01 Å². The summed E-state index contributed by atoms with van der Waals surface area (Å²) in [6.45, 7) is 0.680. The molecule has 31 heavy (non-hydrogen) atoms. The minimum atomic E-state index is -5.66. The lowest BCUT2D eigenvalue weighted by atomic mass is 9.81. The average molecular weight is 487 g/mol. The van der Waals surface area contributed by atoms with Gasteiger partial charge in [-0.2, -0.15) is 22.0 Å². The SMILES string of the molecule is COc1ccc(C(F)(F)C(F)(F)F)cc1C[C@@H]1CCCN(N)[C@@H]1c1ccccc1.Cl.Cl. The topological polar surface area (TPSA) is 38.5 Å². The molecule has 0 saturated carbocycles. The van der Waals surface area contributed by atoms with Gasteiger partial charge >= 0.3 is 12.1 Å². The minimum absolute atomic E-state index is 0. The van der Waals surface area contributed by atoms with Gasteiger partial charge in [-0.05, 0) is 54.5 Å². The normalized spacial score (nSPS) is 19.8. The standard InChI is InChI=1S/C21H23F5N2O.2ClH/c1-29-18-10-9-17(20(22,23)21(24,25)26)13-16(18)12-15-8-5-11-28(27)19(15)14-6-3-2-4-7-14;;/h2-4,6-7,9-10,13,15,19H,5,8,11-12,27H2,1H3;2*1H/t15-,19+;;/m0../s1. The first-order valence-corrected chi connectivity index (χ1v) is 9.33.